The van der Waals surface area contributed by atoms with Gasteiger partial charge in [0.15, 0.2) is 5.11 Å². The fourth-order valence-corrected chi connectivity index (χ4v) is 4.75. The zero-order valence-corrected chi connectivity index (χ0v) is 16.2. The van der Waals surface area contributed by atoms with Gasteiger partial charge >= 0.3 is 0 Å². The first kappa shape index (κ1) is 17.0. The summed E-state index contributed by atoms with van der Waals surface area (Å²) < 4.78 is 5.41. The van der Waals surface area contributed by atoms with Crippen molar-refractivity contribution in [1.29, 1.82) is 0 Å². The van der Waals surface area contributed by atoms with Gasteiger partial charge in [-0.3, -0.25) is 4.98 Å². The summed E-state index contributed by atoms with van der Waals surface area (Å²) in [6.07, 6.45) is 1.83. The number of thiophene rings is 1. The second kappa shape index (κ2) is 7.05. The Labute approximate surface area is 162 Å². The third-order valence-electron chi connectivity index (χ3n) is 4.60. The van der Waals surface area contributed by atoms with Crippen molar-refractivity contribution in [3.05, 3.63) is 76.2 Å². The van der Waals surface area contributed by atoms with Gasteiger partial charge in [0.1, 0.15) is 5.75 Å². The monoisotopic (exact) mass is 381 g/mol. The van der Waals surface area contributed by atoms with Crippen molar-refractivity contribution in [2.24, 2.45) is 0 Å². The Morgan fingerprint density at radius 2 is 2.08 bits per heavy atom. The van der Waals surface area contributed by atoms with Crippen molar-refractivity contribution in [3.63, 3.8) is 0 Å². The Hall–Kier alpha value is -2.44. The quantitative estimate of drug-likeness (QED) is 0.667. The molecule has 2 atom stereocenters. The number of nitrogens with zero attached hydrogens (tertiary/aromatic N) is 2. The number of aromatic nitrogens is 1. The number of thiocarbonyl (C=S) groups is 1. The maximum Gasteiger partial charge on any atom is 0.174 e. The predicted octanol–water partition coefficient (Wildman–Crippen LogP) is 4.64. The number of methoxy groups -OCH3 is 1. The molecule has 0 radical (unpaired) electrons. The molecule has 2 aromatic heterocycles. The van der Waals surface area contributed by atoms with Crippen LogP contribution >= 0.6 is 23.6 Å². The Morgan fingerprint density at radius 3 is 2.77 bits per heavy atom. The van der Waals surface area contributed by atoms with E-state index in [1.165, 1.54) is 10.4 Å². The molecule has 1 aliphatic rings. The van der Waals surface area contributed by atoms with Crippen molar-refractivity contribution in [3.8, 4) is 5.75 Å². The van der Waals surface area contributed by atoms with Crippen LogP contribution in [0.4, 0.5) is 5.69 Å². The lowest BCUT2D eigenvalue weighted by Gasteiger charge is -2.27. The topological polar surface area (TPSA) is 37.4 Å². The van der Waals surface area contributed by atoms with E-state index in [0.29, 0.717) is 5.11 Å². The molecule has 0 bridgehead atoms. The molecule has 0 saturated carbocycles. The molecule has 26 heavy (non-hydrogen) atoms. The lowest BCUT2D eigenvalue weighted by atomic mass is 10.0. The number of benzene rings is 1. The van der Waals surface area contributed by atoms with Crippen LogP contribution < -0.4 is 15.0 Å². The van der Waals surface area contributed by atoms with E-state index < -0.39 is 0 Å². The molecule has 0 aliphatic carbocycles. The number of pyridine rings is 1. The van der Waals surface area contributed by atoms with Crippen LogP contribution in [0.1, 0.15) is 28.2 Å². The molecule has 4 nitrogen and oxygen atoms in total. The normalized spacial score (nSPS) is 19.5. The molecular weight excluding hydrogens is 362 g/mol. The largest absolute Gasteiger partial charge is 0.497 e. The molecular formula is C20H19N3OS2. The molecule has 1 saturated heterocycles. The molecule has 4 rings (SSSR count). The van der Waals surface area contributed by atoms with E-state index in [1.807, 2.05) is 42.6 Å². The van der Waals surface area contributed by atoms with Crippen LogP contribution in [0.3, 0.4) is 0 Å². The fourth-order valence-electron chi connectivity index (χ4n) is 3.35. The Morgan fingerprint density at radius 1 is 1.19 bits per heavy atom. The maximum atomic E-state index is 5.72. The summed E-state index contributed by atoms with van der Waals surface area (Å²) in [5.41, 5.74) is 3.26. The number of aryl methyl sites for hydroxylation is 1. The molecule has 1 N–H and O–H groups in total. The molecule has 1 aromatic carbocycles. The van der Waals surface area contributed by atoms with Crippen molar-refractivity contribution < 1.29 is 4.74 Å². The SMILES string of the molecule is COc1cccc(N2C(=S)NC(c3ccccn3)C2c2sccc2C)c1. The average molecular weight is 382 g/mol. The van der Waals surface area contributed by atoms with E-state index in [1.54, 1.807) is 18.4 Å². The van der Waals surface area contributed by atoms with Crippen LogP contribution in [0.25, 0.3) is 0 Å². The summed E-state index contributed by atoms with van der Waals surface area (Å²) in [7, 11) is 1.68. The fraction of sp³-hybridized carbons (Fsp3) is 0.200. The zero-order chi connectivity index (χ0) is 18.1. The first-order valence-corrected chi connectivity index (χ1v) is 9.66. The minimum atomic E-state index is -0.00717. The first-order chi connectivity index (χ1) is 12.7. The van der Waals surface area contributed by atoms with Crippen LogP contribution in [0, 0.1) is 6.92 Å². The highest BCUT2D eigenvalue weighted by Crippen LogP contribution is 2.44. The summed E-state index contributed by atoms with van der Waals surface area (Å²) in [4.78, 5) is 8.04. The first-order valence-electron chi connectivity index (χ1n) is 8.37. The van der Waals surface area contributed by atoms with E-state index in [2.05, 4.69) is 39.6 Å². The van der Waals surface area contributed by atoms with E-state index >= 15 is 0 Å². The molecule has 3 heterocycles. The summed E-state index contributed by atoms with van der Waals surface area (Å²) >= 11 is 7.48. The van der Waals surface area contributed by atoms with Gasteiger partial charge in [0, 0.05) is 22.8 Å². The van der Waals surface area contributed by atoms with Gasteiger partial charge in [-0.2, -0.15) is 0 Å². The van der Waals surface area contributed by atoms with Crippen molar-refractivity contribution >= 4 is 34.4 Å². The Bertz CT molecular complexity index is 926. The molecule has 0 amide bonds. The minimum absolute atomic E-state index is 0.00717. The Balaban J connectivity index is 1.84. The van der Waals surface area contributed by atoms with Gasteiger partial charge in [0.25, 0.3) is 0 Å². The van der Waals surface area contributed by atoms with Crippen molar-refractivity contribution in [1.82, 2.24) is 10.3 Å². The summed E-state index contributed by atoms with van der Waals surface area (Å²) in [6.45, 7) is 2.15. The van der Waals surface area contributed by atoms with Gasteiger partial charge in [-0.05, 0) is 60.4 Å². The lowest BCUT2D eigenvalue weighted by molar-refractivity contribution is 0.415. The van der Waals surface area contributed by atoms with E-state index in [9.17, 15) is 0 Å². The number of rotatable bonds is 4. The third kappa shape index (κ3) is 2.95. The molecule has 2 unspecified atom stereocenters. The van der Waals surface area contributed by atoms with E-state index in [4.69, 9.17) is 17.0 Å². The summed E-state index contributed by atoms with van der Waals surface area (Å²) in [5, 5.41) is 6.31. The molecule has 3 aromatic rings. The number of hydrogen-bond acceptors (Lipinski definition) is 4. The van der Waals surface area contributed by atoms with Crippen LogP contribution in [-0.2, 0) is 0 Å². The number of ether oxygens (including phenoxy) is 1. The standard InChI is InChI=1S/C20H19N3OS2/c1-13-9-11-26-19(13)18-17(16-8-3-4-10-21-16)22-20(25)23(18)14-6-5-7-15(12-14)24-2/h3-12,17-18H,1-2H3,(H,22,25). The minimum Gasteiger partial charge on any atom is -0.497 e. The van der Waals surface area contributed by atoms with Crippen LogP contribution in [0.2, 0.25) is 0 Å². The molecule has 1 fully saturated rings. The predicted molar refractivity (Wildman–Crippen MR) is 110 cm³/mol. The highest BCUT2D eigenvalue weighted by molar-refractivity contribution is 7.80. The van der Waals surface area contributed by atoms with Gasteiger partial charge in [0.05, 0.1) is 24.9 Å². The van der Waals surface area contributed by atoms with Crippen molar-refractivity contribution in [2.45, 2.75) is 19.0 Å². The van der Waals surface area contributed by atoms with Gasteiger partial charge in [-0.15, -0.1) is 11.3 Å². The second-order valence-corrected chi connectivity index (χ2v) is 7.50. The number of nitrogens with one attached hydrogen (secondary N) is 1. The summed E-state index contributed by atoms with van der Waals surface area (Å²) in [5.74, 6) is 0.813. The van der Waals surface area contributed by atoms with Crippen LogP contribution in [0.15, 0.2) is 60.1 Å². The highest BCUT2D eigenvalue weighted by atomic mass is 32.1. The highest BCUT2D eigenvalue weighted by Gasteiger charge is 2.41. The summed E-state index contributed by atoms with van der Waals surface area (Å²) in [6, 6.07) is 16.2. The smallest absolute Gasteiger partial charge is 0.174 e. The van der Waals surface area contributed by atoms with Gasteiger partial charge in [0.2, 0.25) is 0 Å². The van der Waals surface area contributed by atoms with Crippen LogP contribution in [-0.4, -0.2) is 17.2 Å². The van der Waals surface area contributed by atoms with Gasteiger partial charge < -0.3 is 15.0 Å². The number of anilines is 1. The second-order valence-electron chi connectivity index (χ2n) is 6.17. The molecule has 132 valence electrons. The van der Waals surface area contributed by atoms with Gasteiger partial charge in [-0.25, -0.2) is 0 Å². The molecule has 1 aliphatic heterocycles. The maximum absolute atomic E-state index is 5.72. The third-order valence-corrected chi connectivity index (χ3v) is 6.00. The van der Waals surface area contributed by atoms with Crippen molar-refractivity contribution in [2.75, 3.05) is 12.0 Å². The Kier molecular flexibility index (Phi) is 4.61. The number of hydrogen-bond donors (Lipinski definition) is 1. The average Bonchev–Trinajstić information content (AvgIpc) is 3.25. The van der Waals surface area contributed by atoms with E-state index in [-0.39, 0.29) is 12.1 Å². The zero-order valence-electron chi connectivity index (χ0n) is 14.5. The van der Waals surface area contributed by atoms with Gasteiger partial charge in [-0.1, -0.05) is 12.1 Å². The molecule has 0 spiro atoms. The van der Waals surface area contributed by atoms with Crippen LogP contribution in [0.5, 0.6) is 5.75 Å². The molecule has 6 heteroatoms. The lowest BCUT2D eigenvalue weighted by Crippen LogP contribution is -2.29. The van der Waals surface area contributed by atoms with E-state index in [0.717, 1.165) is 17.1 Å².